The van der Waals surface area contributed by atoms with Crippen LogP contribution in [0.4, 0.5) is 8.78 Å². The highest BCUT2D eigenvalue weighted by molar-refractivity contribution is 8.00. The van der Waals surface area contributed by atoms with Gasteiger partial charge < -0.3 is 19.8 Å². The number of methoxy groups -OCH3 is 2. The van der Waals surface area contributed by atoms with Gasteiger partial charge in [0.05, 0.1) is 37.5 Å². The van der Waals surface area contributed by atoms with E-state index >= 15 is 0 Å². The number of hydrogen-bond donors (Lipinski definition) is 3. The molecule has 12 heteroatoms. The zero-order valence-electron chi connectivity index (χ0n) is 20.2. The van der Waals surface area contributed by atoms with Gasteiger partial charge in [-0.15, -0.1) is 0 Å². The second-order valence-corrected chi connectivity index (χ2v) is 10.3. The maximum atomic E-state index is 13.7. The Morgan fingerprint density at radius 1 is 0.917 bits per heavy atom. The summed E-state index contributed by atoms with van der Waals surface area (Å²) < 4.78 is 66.2. The van der Waals surface area contributed by atoms with Crippen LogP contribution in [0, 0.1) is 0 Å². The fraction of sp³-hybridized carbons (Fsp3) is 0.458. The van der Waals surface area contributed by atoms with Crippen LogP contribution < -0.4 is 9.47 Å². The van der Waals surface area contributed by atoms with Gasteiger partial charge in [-0.25, -0.2) is 0 Å². The van der Waals surface area contributed by atoms with Gasteiger partial charge in [-0.2, -0.15) is 20.2 Å². The number of alkyl halides is 2. The van der Waals surface area contributed by atoms with Crippen molar-refractivity contribution in [2.45, 2.75) is 18.3 Å². The second kappa shape index (κ2) is 17.1. The average Bonchev–Trinajstić information content (AvgIpc) is 2.89. The molecule has 0 heterocycles. The van der Waals surface area contributed by atoms with Crippen molar-refractivity contribution in [1.29, 1.82) is 0 Å². The molecule has 3 N–H and O–H groups in total. The highest BCUT2D eigenvalue weighted by Crippen LogP contribution is 2.30. The summed E-state index contributed by atoms with van der Waals surface area (Å²) in [5.41, 5.74) is 1.21. The zero-order valence-corrected chi connectivity index (χ0v) is 21.9. The Hall–Kier alpha value is -2.41. The molecular weight excluding hydrogens is 516 g/mol. The van der Waals surface area contributed by atoms with E-state index in [1.807, 2.05) is 0 Å². The van der Waals surface area contributed by atoms with Gasteiger partial charge in [0, 0.05) is 12.4 Å². The molecule has 8 nitrogen and oxygen atoms in total. The van der Waals surface area contributed by atoms with Crippen molar-refractivity contribution < 1.29 is 41.5 Å². The Balaban J connectivity index is 0.000000497. The molecule has 0 aliphatic rings. The maximum Gasteiger partial charge on any atom is 0.265 e. The van der Waals surface area contributed by atoms with E-state index in [-0.39, 0.29) is 18.1 Å². The molecule has 0 fully saturated rings. The molecule has 0 aliphatic heterocycles. The summed E-state index contributed by atoms with van der Waals surface area (Å²) in [7, 11) is -0.729. The Morgan fingerprint density at radius 2 is 1.36 bits per heavy atom. The van der Waals surface area contributed by atoms with Crippen LogP contribution in [-0.4, -0.2) is 80.4 Å². The molecule has 0 bridgehead atoms. The van der Waals surface area contributed by atoms with Gasteiger partial charge >= 0.3 is 0 Å². The third-order valence-electron chi connectivity index (χ3n) is 5.11. The second-order valence-electron chi connectivity index (χ2n) is 7.46. The van der Waals surface area contributed by atoms with E-state index in [1.165, 1.54) is 26.0 Å². The minimum Gasteiger partial charge on any atom is -0.497 e. The first-order valence-corrected chi connectivity index (χ1v) is 13.8. The number of nitrogens with zero attached hydrogens (tertiary/aromatic N) is 1. The molecule has 202 valence electrons. The molecule has 2 aromatic carbocycles. The Bertz CT molecular complexity index is 947. The molecule has 0 aliphatic carbocycles. The monoisotopic (exact) mass is 549 g/mol. The predicted octanol–water partition coefficient (Wildman–Crippen LogP) is 4.33. The Kier molecular flexibility index (Phi) is 15.0. The standard InChI is InChI=1S/C19H21F2NO3.C5H12O4S2/c1-24-15-7-3-13(4-8-15)17(11-20)19(22-23)18(12-21)14-5-9-16(25-2)10-6-14;6-2-1-3-10-4-5-11(7,8)9/h3-10,17-18,23H,11-12H2,1-2H3;6H,1-5H2,(H,7,8,9). The molecule has 0 saturated carbocycles. The first-order valence-electron chi connectivity index (χ1n) is 11.0. The molecule has 2 atom stereocenters. The Morgan fingerprint density at radius 3 is 1.67 bits per heavy atom. The first kappa shape index (κ1) is 31.6. The van der Waals surface area contributed by atoms with Crippen molar-refractivity contribution in [2.75, 3.05) is 51.4 Å². The lowest BCUT2D eigenvalue weighted by Crippen LogP contribution is -2.24. The highest BCUT2D eigenvalue weighted by atomic mass is 32.2. The minimum absolute atomic E-state index is 0.0420. The highest BCUT2D eigenvalue weighted by Gasteiger charge is 2.28. The van der Waals surface area contributed by atoms with E-state index in [1.54, 1.807) is 48.5 Å². The largest absolute Gasteiger partial charge is 0.497 e. The number of aliphatic hydroxyl groups is 1. The van der Waals surface area contributed by atoms with Crippen molar-refractivity contribution >= 4 is 27.6 Å². The number of rotatable bonds is 14. The molecule has 0 radical (unpaired) electrons. The van der Waals surface area contributed by atoms with Crippen molar-refractivity contribution in [3.63, 3.8) is 0 Å². The number of benzene rings is 2. The molecule has 2 aromatic rings. The zero-order chi connectivity index (χ0) is 27.0. The first-order chi connectivity index (χ1) is 17.2. The molecule has 2 rings (SSSR count). The lowest BCUT2D eigenvalue weighted by molar-refractivity contribution is 0.296. The number of halogens is 2. The summed E-state index contributed by atoms with van der Waals surface area (Å²) in [5, 5.41) is 21.0. The summed E-state index contributed by atoms with van der Waals surface area (Å²) in [6.45, 7) is -1.49. The minimum atomic E-state index is -3.79. The Labute approximate surface area is 215 Å². The van der Waals surface area contributed by atoms with Crippen molar-refractivity contribution in [2.24, 2.45) is 5.16 Å². The van der Waals surface area contributed by atoms with Gasteiger partial charge in [0.1, 0.15) is 24.8 Å². The van der Waals surface area contributed by atoms with Gasteiger partial charge in [-0.3, -0.25) is 13.3 Å². The van der Waals surface area contributed by atoms with Crippen LogP contribution in [0.15, 0.2) is 53.7 Å². The van der Waals surface area contributed by atoms with Crippen LogP contribution in [0.25, 0.3) is 0 Å². The fourth-order valence-corrected chi connectivity index (χ4v) is 5.02. The summed E-state index contributed by atoms with van der Waals surface area (Å²) in [4.78, 5) is 0. The quantitative estimate of drug-likeness (QED) is 0.105. The number of oxime groups is 1. The molecular formula is C24H33F2NO7S2. The maximum absolute atomic E-state index is 13.7. The normalized spacial score (nSPS) is 12.6. The van der Waals surface area contributed by atoms with Gasteiger partial charge in [-0.05, 0) is 47.6 Å². The predicted molar refractivity (Wildman–Crippen MR) is 138 cm³/mol. The molecule has 2 unspecified atom stereocenters. The molecule has 0 spiro atoms. The van der Waals surface area contributed by atoms with Crippen molar-refractivity contribution in [1.82, 2.24) is 0 Å². The summed E-state index contributed by atoms with van der Waals surface area (Å²) in [6.07, 6.45) is 0.663. The number of thioether (sulfide) groups is 1. The van der Waals surface area contributed by atoms with E-state index in [0.717, 1.165) is 5.75 Å². The topological polar surface area (TPSA) is 126 Å². The van der Waals surface area contributed by atoms with E-state index in [4.69, 9.17) is 19.1 Å². The summed E-state index contributed by atoms with van der Waals surface area (Å²) in [5.74, 6) is 0.466. The summed E-state index contributed by atoms with van der Waals surface area (Å²) in [6, 6.07) is 13.5. The van der Waals surface area contributed by atoms with Gasteiger partial charge in [0.15, 0.2) is 0 Å². The van der Waals surface area contributed by atoms with Crippen LogP contribution in [0.2, 0.25) is 0 Å². The van der Waals surface area contributed by atoms with Gasteiger partial charge in [0.2, 0.25) is 0 Å². The number of hydrogen-bond acceptors (Lipinski definition) is 8. The van der Waals surface area contributed by atoms with E-state index < -0.39 is 35.3 Å². The van der Waals surface area contributed by atoms with Gasteiger partial charge in [-0.1, -0.05) is 29.4 Å². The lowest BCUT2D eigenvalue weighted by Gasteiger charge is -2.22. The smallest absolute Gasteiger partial charge is 0.265 e. The molecule has 0 aromatic heterocycles. The SMILES string of the molecule is COc1ccc(C(CF)C(=NO)C(CF)c2ccc(OC)cc2)cc1.O=S(=O)(O)CCSCCCO. The third-order valence-corrected chi connectivity index (χ3v) is 7.16. The molecule has 36 heavy (non-hydrogen) atoms. The van der Waals surface area contributed by atoms with Crippen molar-refractivity contribution in [3.8, 4) is 11.5 Å². The van der Waals surface area contributed by atoms with Gasteiger partial charge in [0.25, 0.3) is 10.1 Å². The van der Waals surface area contributed by atoms with E-state index in [9.17, 15) is 22.4 Å². The average molecular weight is 550 g/mol. The number of ether oxygens (including phenoxy) is 2. The summed E-state index contributed by atoms with van der Waals surface area (Å²) >= 11 is 1.41. The van der Waals surface area contributed by atoms with Crippen LogP contribution in [0.5, 0.6) is 11.5 Å². The van der Waals surface area contributed by atoms with Crippen molar-refractivity contribution in [3.05, 3.63) is 59.7 Å². The molecule has 0 saturated heterocycles. The molecule has 0 amide bonds. The third kappa shape index (κ3) is 11.1. The van der Waals surface area contributed by atoms with Crippen LogP contribution in [-0.2, 0) is 10.1 Å². The van der Waals surface area contributed by atoms with Crippen LogP contribution in [0.1, 0.15) is 29.4 Å². The van der Waals surface area contributed by atoms with E-state index in [2.05, 4.69) is 5.16 Å². The van der Waals surface area contributed by atoms with E-state index in [0.29, 0.717) is 34.8 Å². The number of aliphatic hydroxyl groups excluding tert-OH is 1. The fourth-order valence-electron chi connectivity index (χ4n) is 3.17. The van der Waals surface area contributed by atoms with Crippen LogP contribution >= 0.6 is 11.8 Å². The van der Waals surface area contributed by atoms with Crippen LogP contribution in [0.3, 0.4) is 0 Å². The lowest BCUT2D eigenvalue weighted by atomic mass is 9.84.